The molecule has 1 amide bonds. The topological polar surface area (TPSA) is 111 Å². The number of nitro benzene ring substituents is 1. The van der Waals surface area contributed by atoms with E-state index in [2.05, 4.69) is 5.43 Å². The Labute approximate surface area is 120 Å². The van der Waals surface area contributed by atoms with Crippen LogP contribution in [0.3, 0.4) is 0 Å². The van der Waals surface area contributed by atoms with Crippen molar-refractivity contribution in [1.82, 2.24) is 4.90 Å². The zero-order chi connectivity index (χ0) is 16.2. The first-order chi connectivity index (χ1) is 9.83. The lowest BCUT2D eigenvalue weighted by molar-refractivity contribution is -0.385. The van der Waals surface area contributed by atoms with Crippen LogP contribution in [-0.4, -0.2) is 42.5 Å². The number of likely N-dealkylation sites (N-methyl/N-ethyl adjacent to an activating group) is 1. The molecule has 1 rings (SSSR count). The van der Waals surface area contributed by atoms with Gasteiger partial charge in [0.05, 0.1) is 29.3 Å². The number of nitrogen functional groups attached to an aromatic ring is 1. The fraction of sp³-hybridized carbons (Fsp3) is 0.417. The highest BCUT2D eigenvalue weighted by atomic mass is 19.1. The molecule has 116 valence electrons. The van der Waals surface area contributed by atoms with Crippen LogP contribution in [0.25, 0.3) is 0 Å². The minimum absolute atomic E-state index is 0.197. The van der Waals surface area contributed by atoms with E-state index in [1.165, 1.54) is 19.1 Å². The number of hydrogen-bond acceptors (Lipinski definition) is 6. The molecule has 1 atom stereocenters. The average Bonchev–Trinajstić information content (AvgIpc) is 2.45. The number of halogens is 1. The Morgan fingerprint density at radius 1 is 1.62 bits per heavy atom. The lowest BCUT2D eigenvalue weighted by atomic mass is 10.1. The third-order valence-corrected chi connectivity index (χ3v) is 3.06. The Hall–Kier alpha value is -2.26. The molecule has 0 bridgehead atoms. The Morgan fingerprint density at radius 3 is 2.71 bits per heavy atom. The number of hydrogen-bond donors (Lipinski definition) is 2. The molecule has 0 heterocycles. The van der Waals surface area contributed by atoms with Gasteiger partial charge < -0.3 is 15.1 Å². The van der Waals surface area contributed by atoms with Gasteiger partial charge in [0.25, 0.3) is 11.6 Å². The first-order valence-electron chi connectivity index (χ1n) is 6.04. The van der Waals surface area contributed by atoms with Crippen LogP contribution in [0.5, 0.6) is 0 Å². The number of ether oxygens (including phenoxy) is 1. The van der Waals surface area contributed by atoms with E-state index in [9.17, 15) is 19.3 Å². The van der Waals surface area contributed by atoms with Gasteiger partial charge in [0.2, 0.25) is 0 Å². The van der Waals surface area contributed by atoms with Crippen LogP contribution in [0.4, 0.5) is 15.8 Å². The monoisotopic (exact) mass is 300 g/mol. The van der Waals surface area contributed by atoms with E-state index in [1.54, 1.807) is 6.92 Å². The van der Waals surface area contributed by atoms with E-state index >= 15 is 0 Å². The molecule has 1 aromatic rings. The van der Waals surface area contributed by atoms with Gasteiger partial charge >= 0.3 is 0 Å². The maximum atomic E-state index is 13.5. The second kappa shape index (κ2) is 6.95. The highest BCUT2D eigenvalue weighted by Crippen LogP contribution is 2.27. The summed E-state index contributed by atoms with van der Waals surface area (Å²) in [5.41, 5.74) is 0.992. The number of nitrogens with zero attached hydrogens (tertiary/aromatic N) is 2. The van der Waals surface area contributed by atoms with E-state index in [1.807, 2.05) is 0 Å². The van der Waals surface area contributed by atoms with Gasteiger partial charge in [-0.05, 0) is 13.0 Å². The summed E-state index contributed by atoms with van der Waals surface area (Å²) in [5.74, 6) is 3.59. The maximum Gasteiger partial charge on any atom is 0.285 e. The van der Waals surface area contributed by atoms with Gasteiger partial charge in [0, 0.05) is 14.2 Å². The lowest BCUT2D eigenvalue weighted by Gasteiger charge is -2.24. The Morgan fingerprint density at radius 2 is 2.24 bits per heavy atom. The molecule has 0 aliphatic heterocycles. The van der Waals surface area contributed by atoms with Crippen LogP contribution in [0.15, 0.2) is 12.1 Å². The summed E-state index contributed by atoms with van der Waals surface area (Å²) in [6, 6.07) is 1.38. The number of nitrogens with two attached hydrogens (primary N) is 1. The zero-order valence-electron chi connectivity index (χ0n) is 11.9. The highest BCUT2D eigenvalue weighted by molar-refractivity contribution is 5.99. The first-order valence-corrected chi connectivity index (χ1v) is 6.04. The SMILES string of the molecule is COCC(C)N(C)C(=O)c1cc(NN)c(F)cc1[N+](=O)[O-]. The molecule has 0 saturated carbocycles. The number of nitrogens with one attached hydrogen (secondary N) is 1. The molecule has 3 N–H and O–H groups in total. The van der Waals surface area contributed by atoms with Crippen molar-refractivity contribution in [1.29, 1.82) is 0 Å². The molecular weight excluding hydrogens is 283 g/mol. The lowest BCUT2D eigenvalue weighted by Crippen LogP contribution is -2.38. The molecule has 0 aromatic heterocycles. The quantitative estimate of drug-likeness (QED) is 0.463. The smallest absolute Gasteiger partial charge is 0.285 e. The standard InChI is InChI=1S/C12H17FN4O4/c1-7(6-21-3)16(2)12(18)8-4-10(15-14)9(13)5-11(8)17(19)20/h4-5,7,15H,6,14H2,1-3H3. The normalized spacial score (nSPS) is 11.9. The second-order valence-corrected chi connectivity index (χ2v) is 4.47. The average molecular weight is 300 g/mol. The zero-order valence-corrected chi connectivity index (χ0v) is 11.9. The minimum atomic E-state index is -0.909. The van der Waals surface area contributed by atoms with E-state index in [0.29, 0.717) is 6.07 Å². The van der Waals surface area contributed by atoms with Crippen LogP contribution >= 0.6 is 0 Å². The molecule has 1 aromatic carbocycles. The van der Waals surface area contributed by atoms with E-state index in [0.717, 1.165) is 6.07 Å². The van der Waals surface area contributed by atoms with Crippen LogP contribution in [-0.2, 0) is 4.74 Å². The van der Waals surface area contributed by atoms with Gasteiger partial charge in [0.1, 0.15) is 5.56 Å². The Kier molecular flexibility index (Phi) is 5.56. The molecule has 0 saturated heterocycles. The van der Waals surface area contributed by atoms with Crippen LogP contribution in [0.2, 0.25) is 0 Å². The number of rotatable bonds is 6. The molecule has 21 heavy (non-hydrogen) atoms. The predicted octanol–water partition coefficient (Wildman–Crippen LogP) is 1.13. The number of nitro groups is 1. The summed E-state index contributed by atoms with van der Waals surface area (Å²) in [6.45, 7) is 1.98. The molecule has 0 spiro atoms. The summed E-state index contributed by atoms with van der Waals surface area (Å²) in [6.07, 6.45) is 0. The van der Waals surface area contributed by atoms with Gasteiger partial charge in [-0.2, -0.15) is 0 Å². The van der Waals surface area contributed by atoms with E-state index in [4.69, 9.17) is 10.6 Å². The number of carbonyl (C=O) groups excluding carboxylic acids is 1. The predicted molar refractivity (Wildman–Crippen MR) is 74.3 cm³/mol. The molecular formula is C12H17FN4O4. The van der Waals surface area contributed by atoms with E-state index < -0.39 is 22.3 Å². The summed E-state index contributed by atoms with van der Waals surface area (Å²) in [7, 11) is 2.96. The summed E-state index contributed by atoms with van der Waals surface area (Å²) < 4.78 is 18.5. The van der Waals surface area contributed by atoms with Crippen molar-refractivity contribution < 1.29 is 18.8 Å². The van der Waals surface area contributed by atoms with Crippen molar-refractivity contribution in [2.45, 2.75) is 13.0 Å². The van der Waals surface area contributed by atoms with Crippen LogP contribution < -0.4 is 11.3 Å². The Bertz CT molecular complexity index is 552. The fourth-order valence-electron chi connectivity index (χ4n) is 1.74. The summed E-state index contributed by atoms with van der Waals surface area (Å²) in [5, 5.41) is 11.0. The molecule has 0 radical (unpaired) electrons. The van der Waals surface area contributed by atoms with Crippen molar-refractivity contribution in [2.75, 3.05) is 26.2 Å². The van der Waals surface area contributed by atoms with Gasteiger partial charge in [-0.3, -0.25) is 20.8 Å². The minimum Gasteiger partial charge on any atom is -0.383 e. The molecule has 0 aliphatic carbocycles. The third kappa shape index (κ3) is 3.64. The van der Waals surface area contributed by atoms with E-state index in [-0.39, 0.29) is 23.9 Å². The number of methoxy groups -OCH3 is 1. The third-order valence-electron chi connectivity index (χ3n) is 3.06. The molecule has 0 aliphatic rings. The molecule has 0 fully saturated rings. The molecule has 9 heteroatoms. The summed E-state index contributed by atoms with van der Waals surface area (Å²) in [4.78, 5) is 23.8. The molecule has 8 nitrogen and oxygen atoms in total. The van der Waals surface area contributed by atoms with Crippen molar-refractivity contribution in [3.8, 4) is 0 Å². The number of amides is 1. The van der Waals surface area contributed by atoms with Crippen molar-refractivity contribution in [3.05, 3.63) is 33.6 Å². The first kappa shape index (κ1) is 16.8. The van der Waals surface area contributed by atoms with Crippen LogP contribution in [0.1, 0.15) is 17.3 Å². The fourth-order valence-corrected chi connectivity index (χ4v) is 1.74. The highest BCUT2D eigenvalue weighted by Gasteiger charge is 2.27. The van der Waals surface area contributed by atoms with Gasteiger partial charge in [-0.1, -0.05) is 0 Å². The van der Waals surface area contributed by atoms with Gasteiger partial charge in [0.15, 0.2) is 5.82 Å². The summed E-state index contributed by atoms with van der Waals surface area (Å²) >= 11 is 0. The van der Waals surface area contributed by atoms with Gasteiger partial charge in [-0.25, -0.2) is 4.39 Å². The van der Waals surface area contributed by atoms with Crippen molar-refractivity contribution in [3.63, 3.8) is 0 Å². The number of anilines is 1. The largest absolute Gasteiger partial charge is 0.383 e. The Balaban J connectivity index is 3.26. The van der Waals surface area contributed by atoms with Crippen LogP contribution in [0, 0.1) is 15.9 Å². The van der Waals surface area contributed by atoms with Crippen molar-refractivity contribution >= 4 is 17.3 Å². The molecule has 1 unspecified atom stereocenters. The maximum absolute atomic E-state index is 13.5. The number of hydrazine groups is 1. The number of benzene rings is 1. The van der Waals surface area contributed by atoms with Crippen molar-refractivity contribution in [2.24, 2.45) is 5.84 Å². The van der Waals surface area contributed by atoms with Gasteiger partial charge in [-0.15, -0.1) is 0 Å². The second-order valence-electron chi connectivity index (χ2n) is 4.47. The number of carbonyl (C=O) groups is 1.